The molecule has 0 radical (unpaired) electrons. The van der Waals surface area contributed by atoms with Crippen molar-refractivity contribution < 1.29 is 4.74 Å². The molecule has 2 unspecified atom stereocenters. The van der Waals surface area contributed by atoms with Gasteiger partial charge in [-0.2, -0.15) is 0 Å². The minimum absolute atomic E-state index is 0.185. The van der Waals surface area contributed by atoms with Crippen molar-refractivity contribution in [1.29, 1.82) is 0 Å². The van der Waals surface area contributed by atoms with Crippen molar-refractivity contribution in [2.45, 2.75) is 45.2 Å². The Labute approximate surface area is 102 Å². The molecule has 0 aromatic rings. The van der Waals surface area contributed by atoms with E-state index >= 15 is 0 Å². The van der Waals surface area contributed by atoms with Crippen molar-refractivity contribution in [2.75, 3.05) is 19.0 Å². The summed E-state index contributed by atoms with van der Waals surface area (Å²) in [6.45, 7) is 8.49. The van der Waals surface area contributed by atoms with Gasteiger partial charge >= 0.3 is 0 Å². The number of hydrogen-bond donors (Lipinski definition) is 1. The van der Waals surface area contributed by atoms with Crippen LogP contribution in [0, 0.1) is 5.92 Å². The molecule has 3 nitrogen and oxygen atoms in total. The third-order valence-electron chi connectivity index (χ3n) is 3.63. The van der Waals surface area contributed by atoms with Gasteiger partial charge in [-0.3, -0.25) is 4.99 Å². The van der Waals surface area contributed by atoms with Crippen molar-refractivity contribution in [3.63, 3.8) is 0 Å². The SMILES string of the molecule is CC1CSC(NC2(C)CCOCC2)=NC1C. The van der Waals surface area contributed by atoms with Crippen LogP contribution < -0.4 is 5.32 Å². The molecule has 0 aromatic carbocycles. The van der Waals surface area contributed by atoms with Gasteiger partial charge in [0.2, 0.25) is 0 Å². The zero-order valence-corrected chi connectivity index (χ0v) is 11.3. The number of aliphatic imine (C=N–C) groups is 1. The summed E-state index contributed by atoms with van der Waals surface area (Å²) in [4.78, 5) is 4.73. The fourth-order valence-electron chi connectivity index (χ4n) is 1.97. The van der Waals surface area contributed by atoms with E-state index in [0.29, 0.717) is 12.0 Å². The van der Waals surface area contributed by atoms with Gasteiger partial charge in [0.1, 0.15) is 0 Å². The molecule has 2 aliphatic rings. The molecule has 0 spiro atoms. The van der Waals surface area contributed by atoms with E-state index in [4.69, 9.17) is 9.73 Å². The Morgan fingerprint density at radius 2 is 2.06 bits per heavy atom. The Morgan fingerprint density at radius 3 is 2.69 bits per heavy atom. The molecule has 0 aliphatic carbocycles. The maximum Gasteiger partial charge on any atom is 0.157 e. The summed E-state index contributed by atoms with van der Waals surface area (Å²) < 4.78 is 5.41. The first-order valence-corrected chi connectivity index (χ1v) is 7.14. The zero-order chi connectivity index (χ0) is 11.6. The Balaban J connectivity index is 1.96. The number of thioether (sulfide) groups is 1. The lowest BCUT2D eigenvalue weighted by molar-refractivity contribution is 0.0527. The molecule has 0 saturated carbocycles. The van der Waals surface area contributed by atoms with Crippen molar-refractivity contribution >= 4 is 16.9 Å². The second-order valence-corrected chi connectivity index (χ2v) is 6.27. The number of amidine groups is 1. The summed E-state index contributed by atoms with van der Waals surface area (Å²) >= 11 is 1.87. The van der Waals surface area contributed by atoms with Crippen LogP contribution >= 0.6 is 11.8 Å². The summed E-state index contributed by atoms with van der Waals surface area (Å²) in [5, 5.41) is 4.75. The van der Waals surface area contributed by atoms with E-state index in [-0.39, 0.29) is 5.54 Å². The lowest BCUT2D eigenvalue weighted by Gasteiger charge is -2.37. The van der Waals surface area contributed by atoms with Crippen LogP contribution in [-0.4, -0.2) is 35.7 Å². The first kappa shape index (κ1) is 12.2. The van der Waals surface area contributed by atoms with E-state index in [1.54, 1.807) is 0 Å². The van der Waals surface area contributed by atoms with Crippen molar-refractivity contribution in [3.05, 3.63) is 0 Å². The van der Waals surface area contributed by atoms with E-state index in [9.17, 15) is 0 Å². The Bertz CT molecular complexity index is 274. The summed E-state index contributed by atoms with van der Waals surface area (Å²) in [6, 6.07) is 0.451. The molecule has 1 saturated heterocycles. The maximum absolute atomic E-state index is 5.41. The molecule has 2 aliphatic heterocycles. The first-order chi connectivity index (χ1) is 7.59. The summed E-state index contributed by atoms with van der Waals surface area (Å²) in [7, 11) is 0. The zero-order valence-electron chi connectivity index (χ0n) is 10.5. The van der Waals surface area contributed by atoms with E-state index in [1.165, 1.54) is 5.75 Å². The monoisotopic (exact) mass is 242 g/mol. The quantitative estimate of drug-likeness (QED) is 0.766. The molecule has 0 bridgehead atoms. The number of nitrogens with zero attached hydrogens (tertiary/aromatic N) is 1. The molecule has 4 heteroatoms. The fraction of sp³-hybridized carbons (Fsp3) is 0.917. The number of ether oxygens (including phenoxy) is 1. The lowest BCUT2D eigenvalue weighted by Crippen LogP contribution is -2.49. The van der Waals surface area contributed by atoms with Crippen LogP contribution in [-0.2, 0) is 4.74 Å². The second-order valence-electron chi connectivity index (χ2n) is 5.26. The van der Waals surface area contributed by atoms with Gasteiger partial charge in [-0.05, 0) is 32.6 Å². The Hall–Kier alpha value is -0.220. The van der Waals surface area contributed by atoms with Gasteiger partial charge in [0.05, 0.1) is 6.04 Å². The van der Waals surface area contributed by atoms with Crippen molar-refractivity contribution in [3.8, 4) is 0 Å². The van der Waals surface area contributed by atoms with E-state index in [1.807, 2.05) is 11.8 Å². The highest BCUT2D eigenvalue weighted by molar-refractivity contribution is 8.13. The Kier molecular flexibility index (Phi) is 3.80. The number of nitrogens with one attached hydrogen (secondary N) is 1. The van der Waals surface area contributed by atoms with Gasteiger partial charge in [-0.25, -0.2) is 0 Å². The van der Waals surface area contributed by atoms with E-state index in [0.717, 1.165) is 31.2 Å². The predicted octanol–water partition coefficient (Wildman–Crippen LogP) is 2.27. The average molecular weight is 242 g/mol. The molecule has 16 heavy (non-hydrogen) atoms. The minimum atomic E-state index is 0.185. The van der Waals surface area contributed by atoms with Crippen LogP contribution in [0.2, 0.25) is 0 Å². The second kappa shape index (κ2) is 4.96. The van der Waals surface area contributed by atoms with Gasteiger partial charge in [0.25, 0.3) is 0 Å². The molecule has 2 atom stereocenters. The summed E-state index contributed by atoms with van der Waals surface area (Å²) in [6.07, 6.45) is 2.16. The van der Waals surface area contributed by atoms with E-state index < -0.39 is 0 Å². The molecular formula is C12H22N2OS. The lowest BCUT2D eigenvalue weighted by atomic mass is 9.93. The molecule has 1 fully saturated rings. The molecular weight excluding hydrogens is 220 g/mol. The summed E-state index contributed by atoms with van der Waals surface area (Å²) in [5.74, 6) is 1.87. The third-order valence-corrected chi connectivity index (χ3v) is 4.81. The van der Waals surface area contributed by atoms with Crippen molar-refractivity contribution in [2.24, 2.45) is 10.9 Å². The smallest absolute Gasteiger partial charge is 0.157 e. The largest absolute Gasteiger partial charge is 0.381 e. The highest BCUT2D eigenvalue weighted by atomic mass is 32.2. The molecule has 2 heterocycles. The highest BCUT2D eigenvalue weighted by Crippen LogP contribution is 2.26. The minimum Gasteiger partial charge on any atom is -0.381 e. The number of rotatable bonds is 1. The molecule has 1 N–H and O–H groups in total. The van der Waals surface area contributed by atoms with Gasteiger partial charge in [0, 0.05) is 24.5 Å². The van der Waals surface area contributed by atoms with Crippen LogP contribution in [0.25, 0.3) is 0 Å². The number of hydrogen-bond acceptors (Lipinski definition) is 4. The highest BCUT2D eigenvalue weighted by Gasteiger charge is 2.30. The molecule has 0 amide bonds. The van der Waals surface area contributed by atoms with Crippen LogP contribution in [0.4, 0.5) is 0 Å². The average Bonchev–Trinajstić information content (AvgIpc) is 2.24. The van der Waals surface area contributed by atoms with Gasteiger partial charge < -0.3 is 10.1 Å². The van der Waals surface area contributed by atoms with E-state index in [2.05, 4.69) is 26.1 Å². The van der Waals surface area contributed by atoms with Crippen LogP contribution in [0.5, 0.6) is 0 Å². The van der Waals surface area contributed by atoms with Crippen LogP contribution in [0.3, 0.4) is 0 Å². The third kappa shape index (κ3) is 2.92. The summed E-state index contributed by atoms with van der Waals surface area (Å²) in [5.41, 5.74) is 0.185. The topological polar surface area (TPSA) is 33.6 Å². The fourth-order valence-corrected chi connectivity index (χ4v) is 3.23. The van der Waals surface area contributed by atoms with Crippen LogP contribution in [0.1, 0.15) is 33.6 Å². The Morgan fingerprint density at radius 1 is 1.38 bits per heavy atom. The normalized spacial score (nSPS) is 34.3. The standard InChI is InChI=1S/C12H22N2OS/c1-9-8-16-11(13-10(9)2)14-12(3)4-6-15-7-5-12/h9-10H,4-8H2,1-3H3,(H,13,14). The van der Waals surface area contributed by atoms with Crippen molar-refractivity contribution in [1.82, 2.24) is 5.32 Å². The van der Waals surface area contributed by atoms with Gasteiger partial charge in [0.15, 0.2) is 5.17 Å². The maximum atomic E-state index is 5.41. The predicted molar refractivity (Wildman–Crippen MR) is 70.1 cm³/mol. The molecule has 2 rings (SSSR count). The first-order valence-electron chi connectivity index (χ1n) is 6.16. The molecule has 92 valence electrons. The molecule has 0 aromatic heterocycles. The van der Waals surface area contributed by atoms with Gasteiger partial charge in [-0.15, -0.1) is 0 Å². The van der Waals surface area contributed by atoms with Crippen LogP contribution in [0.15, 0.2) is 4.99 Å². The van der Waals surface area contributed by atoms with Gasteiger partial charge in [-0.1, -0.05) is 18.7 Å².